The molecule has 7 heteroatoms. The Morgan fingerprint density at radius 3 is 2.13 bits per heavy atom. The Morgan fingerprint density at radius 1 is 0.733 bits per heavy atom. The molecule has 1 aliphatic heterocycles. The maximum absolute atomic E-state index is 5.85. The van der Waals surface area contributed by atoms with Crippen LogP contribution in [0.4, 0.5) is 0 Å². The molecule has 0 aromatic heterocycles. The number of ether oxygens (including phenoxy) is 5. The summed E-state index contributed by atoms with van der Waals surface area (Å²) in [6.07, 6.45) is 1.05. The van der Waals surface area contributed by atoms with Gasteiger partial charge in [-0.3, -0.25) is 4.90 Å². The number of hydrogen-bond donors (Lipinski definition) is 1. The molecule has 0 saturated carbocycles. The molecule has 1 aliphatic rings. The van der Waals surface area contributed by atoms with Gasteiger partial charge in [-0.2, -0.15) is 0 Å². The van der Waals surface area contributed by atoms with Gasteiger partial charge in [-0.15, -0.1) is 0 Å². The smallest absolute Gasteiger partial charge is 0.203 e. The zero-order valence-corrected chi connectivity index (χ0v) is 18.5. The summed E-state index contributed by atoms with van der Waals surface area (Å²) in [5.74, 6) is 3.45. The lowest BCUT2D eigenvalue weighted by atomic mass is 9.94. The third kappa shape index (κ3) is 4.42. The topological polar surface area (TPSA) is 61.4 Å². The quantitative estimate of drug-likeness (QED) is 0.709. The number of benzene rings is 2. The van der Waals surface area contributed by atoms with E-state index >= 15 is 0 Å². The first-order valence-corrected chi connectivity index (χ1v) is 10.1. The molecule has 164 valence electrons. The maximum atomic E-state index is 5.85. The van der Waals surface area contributed by atoms with E-state index in [1.807, 2.05) is 30.3 Å². The third-order valence-electron chi connectivity index (χ3n) is 5.50. The van der Waals surface area contributed by atoms with Gasteiger partial charge in [0.2, 0.25) is 5.75 Å². The van der Waals surface area contributed by atoms with Gasteiger partial charge in [0, 0.05) is 30.8 Å². The van der Waals surface area contributed by atoms with Crippen LogP contribution in [0.1, 0.15) is 23.6 Å². The van der Waals surface area contributed by atoms with Crippen molar-refractivity contribution < 1.29 is 23.7 Å². The first-order valence-electron chi connectivity index (χ1n) is 10.1. The Bertz CT molecular complexity index is 835. The summed E-state index contributed by atoms with van der Waals surface area (Å²) in [6.45, 7) is 3.75. The molecule has 0 aliphatic carbocycles. The van der Waals surface area contributed by atoms with Gasteiger partial charge in [0.25, 0.3) is 0 Å². The molecular weight excluding hydrogens is 384 g/mol. The number of nitrogens with one attached hydrogen (secondary N) is 1. The van der Waals surface area contributed by atoms with Crippen molar-refractivity contribution in [2.45, 2.75) is 12.5 Å². The summed E-state index contributed by atoms with van der Waals surface area (Å²) >= 11 is 0. The summed E-state index contributed by atoms with van der Waals surface area (Å²) in [6, 6.07) is 9.76. The highest BCUT2D eigenvalue weighted by Crippen LogP contribution is 2.47. The fourth-order valence-electron chi connectivity index (χ4n) is 4.08. The van der Waals surface area contributed by atoms with Crippen LogP contribution in [0.2, 0.25) is 0 Å². The average Bonchev–Trinajstić information content (AvgIpc) is 3.08. The van der Waals surface area contributed by atoms with E-state index in [-0.39, 0.29) is 6.04 Å². The van der Waals surface area contributed by atoms with E-state index in [2.05, 4.69) is 10.2 Å². The van der Waals surface area contributed by atoms with Crippen molar-refractivity contribution in [1.82, 2.24) is 10.2 Å². The fourth-order valence-corrected chi connectivity index (χ4v) is 4.08. The molecule has 1 heterocycles. The predicted molar refractivity (Wildman–Crippen MR) is 117 cm³/mol. The summed E-state index contributed by atoms with van der Waals surface area (Å²) in [4.78, 5) is 2.45. The van der Waals surface area contributed by atoms with Gasteiger partial charge in [-0.25, -0.2) is 0 Å². The third-order valence-corrected chi connectivity index (χ3v) is 5.50. The van der Waals surface area contributed by atoms with Gasteiger partial charge in [-0.05, 0) is 43.3 Å². The Morgan fingerprint density at radius 2 is 1.47 bits per heavy atom. The van der Waals surface area contributed by atoms with Crippen LogP contribution < -0.4 is 29.0 Å². The molecule has 0 radical (unpaired) electrons. The van der Waals surface area contributed by atoms with Crippen LogP contribution in [-0.2, 0) is 0 Å². The van der Waals surface area contributed by atoms with Crippen LogP contribution >= 0.6 is 0 Å². The fraction of sp³-hybridized carbons (Fsp3) is 0.478. The molecule has 0 bridgehead atoms. The second kappa shape index (κ2) is 10.4. The molecule has 3 rings (SSSR count). The Kier molecular flexibility index (Phi) is 7.65. The van der Waals surface area contributed by atoms with Gasteiger partial charge in [0.1, 0.15) is 11.5 Å². The second-order valence-electron chi connectivity index (χ2n) is 7.07. The summed E-state index contributed by atoms with van der Waals surface area (Å²) in [5.41, 5.74) is 2.01. The van der Waals surface area contributed by atoms with Gasteiger partial charge in [0.15, 0.2) is 11.5 Å². The number of hydrogen-bond acceptors (Lipinski definition) is 7. The zero-order chi connectivity index (χ0) is 21.5. The molecule has 1 N–H and O–H groups in total. The molecule has 7 nitrogen and oxygen atoms in total. The van der Waals surface area contributed by atoms with Crippen LogP contribution in [0.25, 0.3) is 0 Å². The van der Waals surface area contributed by atoms with Crippen molar-refractivity contribution in [2.24, 2.45) is 0 Å². The standard InChI is InChI=1S/C23H32N2O5/c1-26-16-7-9-19(27-2)18(15-16)21(25-13-6-11-24-12-14-25)17-8-10-20(28-3)23(30-5)22(17)29-4/h7-10,15,21,24H,6,11-14H2,1-5H3. The van der Waals surface area contributed by atoms with Crippen LogP contribution in [0.5, 0.6) is 28.7 Å². The van der Waals surface area contributed by atoms with Crippen molar-refractivity contribution in [2.75, 3.05) is 61.7 Å². The van der Waals surface area contributed by atoms with E-state index in [1.54, 1.807) is 35.5 Å². The van der Waals surface area contributed by atoms with E-state index in [1.165, 1.54) is 0 Å². The lowest BCUT2D eigenvalue weighted by Gasteiger charge is -2.33. The second-order valence-corrected chi connectivity index (χ2v) is 7.07. The molecule has 1 unspecified atom stereocenters. The minimum atomic E-state index is -0.107. The Balaban J connectivity index is 2.23. The monoisotopic (exact) mass is 416 g/mol. The average molecular weight is 417 g/mol. The predicted octanol–water partition coefficient (Wildman–Crippen LogP) is 3.11. The molecular formula is C23H32N2O5. The van der Waals surface area contributed by atoms with Gasteiger partial charge >= 0.3 is 0 Å². The summed E-state index contributed by atoms with van der Waals surface area (Å²) in [7, 11) is 8.28. The van der Waals surface area contributed by atoms with Crippen molar-refractivity contribution in [3.63, 3.8) is 0 Å². The Hall–Kier alpha value is -2.64. The number of methoxy groups -OCH3 is 5. The van der Waals surface area contributed by atoms with Crippen molar-refractivity contribution in [1.29, 1.82) is 0 Å². The van der Waals surface area contributed by atoms with Gasteiger partial charge in [-0.1, -0.05) is 0 Å². The minimum Gasteiger partial charge on any atom is -0.497 e. The van der Waals surface area contributed by atoms with Crippen LogP contribution in [0, 0.1) is 0 Å². The lowest BCUT2D eigenvalue weighted by Crippen LogP contribution is -2.33. The SMILES string of the molecule is COc1ccc(OC)c(C(c2ccc(OC)c(OC)c2OC)N2CCCNCC2)c1. The maximum Gasteiger partial charge on any atom is 0.203 e. The molecule has 2 aromatic rings. The molecule has 2 aromatic carbocycles. The molecule has 30 heavy (non-hydrogen) atoms. The Labute approximate surface area is 178 Å². The summed E-state index contributed by atoms with van der Waals surface area (Å²) in [5, 5.41) is 3.48. The van der Waals surface area contributed by atoms with Gasteiger partial charge < -0.3 is 29.0 Å². The number of nitrogens with zero attached hydrogens (tertiary/aromatic N) is 1. The van der Waals surface area contributed by atoms with E-state index in [4.69, 9.17) is 23.7 Å². The highest BCUT2D eigenvalue weighted by Gasteiger charge is 2.31. The molecule has 1 atom stereocenters. The number of rotatable bonds is 8. The van der Waals surface area contributed by atoms with Crippen molar-refractivity contribution in [3.05, 3.63) is 41.5 Å². The minimum absolute atomic E-state index is 0.107. The van der Waals surface area contributed by atoms with E-state index in [0.717, 1.165) is 55.2 Å². The molecule has 0 spiro atoms. The first kappa shape index (κ1) is 22.1. The highest BCUT2D eigenvalue weighted by atomic mass is 16.5. The van der Waals surface area contributed by atoms with Crippen LogP contribution in [-0.4, -0.2) is 66.6 Å². The largest absolute Gasteiger partial charge is 0.497 e. The summed E-state index contributed by atoms with van der Waals surface area (Å²) < 4.78 is 28.3. The van der Waals surface area contributed by atoms with Crippen LogP contribution in [0.3, 0.4) is 0 Å². The molecule has 0 amide bonds. The van der Waals surface area contributed by atoms with E-state index in [0.29, 0.717) is 17.2 Å². The van der Waals surface area contributed by atoms with Crippen LogP contribution in [0.15, 0.2) is 30.3 Å². The van der Waals surface area contributed by atoms with Gasteiger partial charge in [0.05, 0.1) is 41.6 Å². The van der Waals surface area contributed by atoms with Crippen molar-refractivity contribution >= 4 is 0 Å². The zero-order valence-electron chi connectivity index (χ0n) is 18.5. The lowest BCUT2D eigenvalue weighted by molar-refractivity contribution is 0.229. The van der Waals surface area contributed by atoms with E-state index < -0.39 is 0 Å². The normalized spacial score (nSPS) is 15.8. The first-order chi connectivity index (χ1) is 14.7. The molecule has 1 fully saturated rings. The van der Waals surface area contributed by atoms with E-state index in [9.17, 15) is 0 Å². The molecule has 1 saturated heterocycles. The highest BCUT2D eigenvalue weighted by molar-refractivity contribution is 5.59. The van der Waals surface area contributed by atoms with Crippen molar-refractivity contribution in [3.8, 4) is 28.7 Å².